The number of hydrogen-bond donors (Lipinski definition) is 1. The molecule has 0 fully saturated rings. The maximum Gasteiger partial charge on any atom is 0.143 e. The van der Waals surface area contributed by atoms with E-state index in [4.69, 9.17) is 4.42 Å². The van der Waals surface area contributed by atoms with Crippen molar-refractivity contribution in [3.05, 3.63) is 146 Å². The number of rotatable bonds is 4. The summed E-state index contributed by atoms with van der Waals surface area (Å²) in [6, 6.07) is 51.5. The summed E-state index contributed by atoms with van der Waals surface area (Å²) in [6.07, 6.45) is 0. The zero-order valence-corrected chi connectivity index (χ0v) is 21.8. The minimum Gasteiger partial charge on any atom is -0.455 e. The Hall–Kier alpha value is -5.34. The van der Waals surface area contributed by atoms with E-state index in [1.807, 2.05) is 6.07 Å². The van der Waals surface area contributed by atoms with Gasteiger partial charge in [0.05, 0.1) is 0 Å². The Bertz CT molecular complexity index is 2200. The highest BCUT2D eigenvalue weighted by Crippen LogP contribution is 2.41. The zero-order valence-electron chi connectivity index (χ0n) is 21.8. The van der Waals surface area contributed by atoms with Crippen LogP contribution in [0.2, 0.25) is 0 Å². The summed E-state index contributed by atoms with van der Waals surface area (Å²) in [6.45, 7) is 0. The first-order chi connectivity index (χ1) is 19.8. The summed E-state index contributed by atoms with van der Waals surface area (Å²) in [7, 11) is 0. The van der Waals surface area contributed by atoms with Gasteiger partial charge in [0.2, 0.25) is 0 Å². The molecule has 188 valence electrons. The van der Waals surface area contributed by atoms with Crippen molar-refractivity contribution >= 4 is 54.9 Å². The number of furan rings is 1. The Balaban J connectivity index is 1.22. The van der Waals surface area contributed by atoms with Gasteiger partial charge in [0.15, 0.2) is 0 Å². The second-order valence-corrected chi connectivity index (χ2v) is 10.3. The van der Waals surface area contributed by atoms with Crippen LogP contribution in [0.3, 0.4) is 0 Å². The van der Waals surface area contributed by atoms with E-state index in [-0.39, 0.29) is 0 Å². The summed E-state index contributed by atoms with van der Waals surface area (Å²) in [5.74, 6) is 0. The first kappa shape index (κ1) is 22.6. The van der Waals surface area contributed by atoms with Crippen LogP contribution in [0.25, 0.3) is 65.7 Å². The molecular weight excluding hydrogens is 486 g/mol. The Morgan fingerprint density at radius 2 is 1.10 bits per heavy atom. The van der Waals surface area contributed by atoms with E-state index in [2.05, 4.69) is 145 Å². The van der Waals surface area contributed by atoms with Crippen molar-refractivity contribution in [3.8, 4) is 22.3 Å². The third kappa shape index (κ3) is 3.81. The number of nitrogens with one attached hydrogen (secondary N) is 1. The van der Waals surface area contributed by atoms with Crippen LogP contribution in [0.15, 0.2) is 150 Å². The maximum absolute atomic E-state index is 6.50. The van der Waals surface area contributed by atoms with Gasteiger partial charge in [-0.15, -0.1) is 0 Å². The maximum atomic E-state index is 6.50. The van der Waals surface area contributed by atoms with Gasteiger partial charge >= 0.3 is 0 Å². The van der Waals surface area contributed by atoms with Crippen LogP contribution in [-0.2, 0) is 0 Å². The number of benzene rings is 7. The predicted molar refractivity (Wildman–Crippen MR) is 169 cm³/mol. The van der Waals surface area contributed by atoms with Crippen LogP contribution >= 0.6 is 0 Å². The lowest BCUT2D eigenvalue weighted by atomic mass is 9.94. The first-order valence-corrected chi connectivity index (χ1v) is 13.6. The molecule has 0 aliphatic heterocycles. The molecule has 0 aliphatic rings. The molecular formula is C38H25NO. The van der Waals surface area contributed by atoms with Crippen molar-refractivity contribution < 1.29 is 4.42 Å². The van der Waals surface area contributed by atoms with Gasteiger partial charge < -0.3 is 9.73 Å². The molecule has 2 nitrogen and oxygen atoms in total. The molecule has 0 saturated carbocycles. The molecule has 1 aromatic heterocycles. The van der Waals surface area contributed by atoms with E-state index >= 15 is 0 Å². The van der Waals surface area contributed by atoms with Crippen molar-refractivity contribution in [3.63, 3.8) is 0 Å². The van der Waals surface area contributed by atoms with E-state index in [9.17, 15) is 0 Å². The second-order valence-electron chi connectivity index (χ2n) is 10.3. The third-order valence-corrected chi connectivity index (χ3v) is 7.78. The molecule has 0 unspecified atom stereocenters. The van der Waals surface area contributed by atoms with E-state index < -0.39 is 0 Å². The molecule has 0 atom stereocenters. The molecule has 0 aliphatic carbocycles. The Morgan fingerprint density at radius 3 is 2.00 bits per heavy atom. The molecule has 0 spiro atoms. The Kier molecular flexibility index (Phi) is 5.17. The molecule has 40 heavy (non-hydrogen) atoms. The van der Waals surface area contributed by atoms with Crippen LogP contribution in [-0.4, -0.2) is 0 Å². The van der Waals surface area contributed by atoms with E-state index in [0.717, 1.165) is 50.2 Å². The van der Waals surface area contributed by atoms with Crippen LogP contribution < -0.4 is 5.32 Å². The van der Waals surface area contributed by atoms with Crippen molar-refractivity contribution in [1.29, 1.82) is 0 Å². The molecule has 7 aromatic carbocycles. The Labute approximate surface area is 232 Å². The number of hydrogen-bond acceptors (Lipinski definition) is 2. The monoisotopic (exact) mass is 511 g/mol. The fourth-order valence-electron chi connectivity index (χ4n) is 5.87. The number of para-hydroxylation sites is 1. The summed E-state index contributed by atoms with van der Waals surface area (Å²) in [4.78, 5) is 0. The average Bonchev–Trinajstić information content (AvgIpc) is 3.41. The lowest BCUT2D eigenvalue weighted by Crippen LogP contribution is -1.91. The molecule has 1 heterocycles. The summed E-state index contributed by atoms with van der Waals surface area (Å²) in [5, 5.41) is 10.8. The van der Waals surface area contributed by atoms with Crippen LogP contribution in [0.5, 0.6) is 0 Å². The lowest BCUT2D eigenvalue weighted by Gasteiger charge is -2.11. The quantitative estimate of drug-likeness (QED) is 0.254. The van der Waals surface area contributed by atoms with E-state index in [1.54, 1.807) is 0 Å². The Morgan fingerprint density at radius 1 is 0.425 bits per heavy atom. The van der Waals surface area contributed by atoms with Crippen molar-refractivity contribution in [2.24, 2.45) is 0 Å². The lowest BCUT2D eigenvalue weighted by molar-refractivity contribution is 0.670. The highest BCUT2D eigenvalue weighted by molar-refractivity contribution is 6.22. The molecule has 1 N–H and O–H groups in total. The first-order valence-electron chi connectivity index (χ1n) is 13.6. The van der Waals surface area contributed by atoms with Crippen molar-refractivity contribution in [1.82, 2.24) is 0 Å². The van der Waals surface area contributed by atoms with Gasteiger partial charge in [0.25, 0.3) is 0 Å². The summed E-state index contributed by atoms with van der Waals surface area (Å²) >= 11 is 0. The number of fused-ring (bicyclic) bond motifs is 6. The molecule has 8 rings (SSSR count). The molecule has 0 saturated heterocycles. The minimum absolute atomic E-state index is 0.915. The van der Waals surface area contributed by atoms with Gasteiger partial charge in [-0.05, 0) is 80.7 Å². The van der Waals surface area contributed by atoms with Crippen LogP contribution in [0, 0.1) is 0 Å². The summed E-state index contributed by atoms with van der Waals surface area (Å²) in [5.41, 5.74) is 8.56. The molecule has 2 heteroatoms. The minimum atomic E-state index is 0.915. The predicted octanol–water partition coefficient (Wildman–Crippen LogP) is 11.0. The fraction of sp³-hybridized carbons (Fsp3) is 0. The summed E-state index contributed by atoms with van der Waals surface area (Å²) < 4.78 is 6.50. The van der Waals surface area contributed by atoms with Crippen molar-refractivity contribution in [2.45, 2.75) is 0 Å². The highest BCUT2D eigenvalue weighted by Gasteiger charge is 2.16. The van der Waals surface area contributed by atoms with Gasteiger partial charge in [-0.2, -0.15) is 0 Å². The molecule has 0 radical (unpaired) electrons. The zero-order chi connectivity index (χ0) is 26.5. The molecule has 0 amide bonds. The van der Waals surface area contributed by atoms with Crippen LogP contribution in [0.1, 0.15) is 0 Å². The van der Waals surface area contributed by atoms with Gasteiger partial charge in [0.1, 0.15) is 11.2 Å². The SMILES string of the molecule is c1cc(Nc2ccc3ccccc3c2)cc(-c2cccc(-c3cc4ccccc4c4c3oc3ccccc34)c2)c1. The molecule has 0 bridgehead atoms. The van der Waals surface area contributed by atoms with Crippen LogP contribution in [0.4, 0.5) is 11.4 Å². The molecule has 8 aromatic rings. The van der Waals surface area contributed by atoms with E-state index in [1.165, 1.54) is 26.9 Å². The van der Waals surface area contributed by atoms with Gasteiger partial charge in [-0.1, -0.05) is 103 Å². The van der Waals surface area contributed by atoms with E-state index in [0.29, 0.717) is 0 Å². The normalized spacial score (nSPS) is 11.5. The highest BCUT2D eigenvalue weighted by atomic mass is 16.3. The number of anilines is 2. The second kappa shape index (κ2) is 9.14. The van der Waals surface area contributed by atoms with Gasteiger partial charge in [0, 0.05) is 27.7 Å². The standard InChI is InChI=1S/C38H25NO/c1-2-10-27-22-32(20-19-25(27)9-1)39-31-15-8-13-28(23-31)26-12-7-14-29(21-26)35-24-30-11-3-4-16-33(30)37-34-17-5-6-18-36(34)40-38(35)37/h1-24,39H. The van der Waals surface area contributed by atoms with Crippen molar-refractivity contribution in [2.75, 3.05) is 5.32 Å². The fourth-order valence-corrected chi connectivity index (χ4v) is 5.87. The largest absolute Gasteiger partial charge is 0.455 e. The van der Waals surface area contributed by atoms with Gasteiger partial charge in [-0.3, -0.25) is 0 Å². The topological polar surface area (TPSA) is 25.2 Å². The third-order valence-electron chi connectivity index (χ3n) is 7.78. The smallest absolute Gasteiger partial charge is 0.143 e. The van der Waals surface area contributed by atoms with Gasteiger partial charge in [-0.25, -0.2) is 0 Å². The average molecular weight is 512 g/mol.